The van der Waals surface area contributed by atoms with Crippen LogP contribution < -0.4 is 5.56 Å². The maximum atomic E-state index is 12.2. The second-order valence-corrected chi connectivity index (χ2v) is 7.04. The fourth-order valence-corrected chi connectivity index (χ4v) is 3.26. The quantitative estimate of drug-likeness (QED) is 0.912. The molecule has 0 atom stereocenters. The molecule has 4 nitrogen and oxygen atoms in total. The molecule has 0 amide bonds. The first kappa shape index (κ1) is 15.4. The largest absolute Gasteiger partial charge is 0.310 e. The number of hydrogen-bond acceptors (Lipinski definition) is 3. The smallest absolute Gasteiger partial charge is 0.254 e. The van der Waals surface area contributed by atoms with Crippen LogP contribution in [0.1, 0.15) is 42.4 Å². The summed E-state index contributed by atoms with van der Waals surface area (Å²) < 4.78 is 1.10. The SMILES string of the molecule is CC(C)c1nc2c(c(=O)[nH]1)CCN(Cc1cccc(Br)c1)C2. The lowest BCUT2D eigenvalue weighted by Gasteiger charge is -2.28. The zero-order valence-electron chi connectivity index (χ0n) is 12.9. The molecule has 1 aromatic heterocycles. The maximum Gasteiger partial charge on any atom is 0.254 e. The molecule has 5 heteroatoms. The van der Waals surface area contributed by atoms with E-state index >= 15 is 0 Å². The minimum absolute atomic E-state index is 0.0378. The van der Waals surface area contributed by atoms with E-state index in [4.69, 9.17) is 0 Å². The summed E-state index contributed by atoms with van der Waals surface area (Å²) in [7, 11) is 0. The van der Waals surface area contributed by atoms with Gasteiger partial charge in [0.15, 0.2) is 0 Å². The zero-order chi connectivity index (χ0) is 15.7. The summed E-state index contributed by atoms with van der Waals surface area (Å²) in [5.41, 5.74) is 3.10. The fourth-order valence-electron chi connectivity index (χ4n) is 2.81. The molecule has 0 aliphatic carbocycles. The fraction of sp³-hybridized carbons (Fsp3) is 0.412. The molecule has 3 rings (SSSR count). The Morgan fingerprint density at radius 2 is 2.23 bits per heavy atom. The van der Waals surface area contributed by atoms with Gasteiger partial charge in [0.2, 0.25) is 0 Å². The van der Waals surface area contributed by atoms with Gasteiger partial charge in [-0.1, -0.05) is 41.9 Å². The molecule has 0 spiro atoms. The van der Waals surface area contributed by atoms with Crippen LogP contribution in [0.15, 0.2) is 33.5 Å². The number of fused-ring (bicyclic) bond motifs is 1. The number of hydrogen-bond donors (Lipinski definition) is 1. The van der Waals surface area contributed by atoms with Gasteiger partial charge in [-0.05, 0) is 24.1 Å². The van der Waals surface area contributed by atoms with Crippen molar-refractivity contribution in [2.24, 2.45) is 0 Å². The monoisotopic (exact) mass is 361 g/mol. The summed E-state index contributed by atoms with van der Waals surface area (Å²) in [4.78, 5) is 22.1. The Kier molecular flexibility index (Phi) is 4.45. The van der Waals surface area contributed by atoms with Crippen molar-refractivity contribution in [1.29, 1.82) is 0 Å². The number of H-pyrrole nitrogens is 1. The average molecular weight is 362 g/mol. The van der Waals surface area contributed by atoms with Crippen LogP contribution in [-0.4, -0.2) is 21.4 Å². The van der Waals surface area contributed by atoms with Gasteiger partial charge in [0.25, 0.3) is 5.56 Å². The van der Waals surface area contributed by atoms with E-state index in [1.807, 2.05) is 19.9 Å². The minimum Gasteiger partial charge on any atom is -0.310 e. The third-order valence-corrected chi connectivity index (χ3v) is 4.51. The van der Waals surface area contributed by atoms with E-state index in [0.717, 1.165) is 47.6 Å². The van der Waals surface area contributed by atoms with Crippen molar-refractivity contribution in [2.45, 2.75) is 39.3 Å². The van der Waals surface area contributed by atoms with Crippen molar-refractivity contribution in [2.75, 3.05) is 6.54 Å². The van der Waals surface area contributed by atoms with Crippen LogP contribution in [0.25, 0.3) is 0 Å². The molecular weight excluding hydrogens is 342 g/mol. The number of nitrogens with zero attached hydrogens (tertiary/aromatic N) is 2. The molecule has 0 fully saturated rings. The topological polar surface area (TPSA) is 49.0 Å². The predicted octanol–water partition coefficient (Wildman–Crippen LogP) is 3.21. The third-order valence-electron chi connectivity index (χ3n) is 4.01. The number of nitrogens with one attached hydrogen (secondary N) is 1. The Morgan fingerprint density at radius 1 is 1.41 bits per heavy atom. The van der Waals surface area contributed by atoms with Crippen molar-refractivity contribution < 1.29 is 0 Å². The normalized spacial score (nSPS) is 15.1. The molecule has 1 aromatic carbocycles. The van der Waals surface area contributed by atoms with Gasteiger partial charge >= 0.3 is 0 Å². The first-order valence-electron chi connectivity index (χ1n) is 7.61. The highest BCUT2D eigenvalue weighted by molar-refractivity contribution is 9.10. The number of rotatable bonds is 3. The van der Waals surface area contributed by atoms with Crippen molar-refractivity contribution >= 4 is 15.9 Å². The summed E-state index contributed by atoms with van der Waals surface area (Å²) in [6, 6.07) is 8.35. The standard InChI is InChI=1S/C17H20BrN3O/c1-11(2)16-19-15-10-21(7-6-14(15)17(22)20-16)9-12-4-3-5-13(18)8-12/h3-5,8,11H,6-7,9-10H2,1-2H3,(H,19,20,22). The Morgan fingerprint density at radius 3 is 2.95 bits per heavy atom. The summed E-state index contributed by atoms with van der Waals surface area (Å²) in [6.45, 7) is 6.61. The number of benzene rings is 1. The minimum atomic E-state index is 0.0378. The molecule has 0 radical (unpaired) electrons. The predicted molar refractivity (Wildman–Crippen MR) is 90.9 cm³/mol. The molecule has 0 unspecified atom stereocenters. The maximum absolute atomic E-state index is 12.2. The van der Waals surface area contributed by atoms with Crippen LogP contribution in [0.2, 0.25) is 0 Å². The summed E-state index contributed by atoms with van der Waals surface area (Å²) >= 11 is 3.51. The summed E-state index contributed by atoms with van der Waals surface area (Å²) in [5.74, 6) is 1.02. The lowest BCUT2D eigenvalue weighted by Crippen LogP contribution is -2.35. The first-order valence-corrected chi connectivity index (χ1v) is 8.41. The lowest BCUT2D eigenvalue weighted by atomic mass is 10.0. The van der Waals surface area contributed by atoms with Crippen molar-refractivity contribution in [3.63, 3.8) is 0 Å². The molecule has 2 aromatic rings. The highest BCUT2D eigenvalue weighted by Crippen LogP contribution is 2.19. The van der Waals surface area contributed by atoms with Gasteiger partial charge in [-0.15, -0.1) is 0 Å². The summed E-state index contributed by atoms with van der Waals surface area (Å²) in [5, 5.41) is 0. The van der Waals surface area contributed by atoms with E-state index in [-0.39, 0.29) is 11.5 Å². The van der Waals surface area contributed by atoms with Gasteiger partial charge in [0.05, 0.1) is 5.69 Å². The first-order chi connectivity index (χ1) is 10.5. The van der Waals surface area contributed by atoms with E-state index in [1.54, 1.807) is 0 Å². The highest BCUT2D eigenvalue weighted by atomic mass is 79.9. The van der Waals surface area contributed by atoms with Gasteiger partial charge in [-0.2, -0.15) is 0 Å². The average Bonchev–Trinajstić information content (AvgIpc) is 2.46. The van der Waals surface area contributed by atoms with Crippen molar-refractivity contribution in [1.82, 2.24) is 14.9 Å². The second kappa shape index (κ2) is 6.34. The summed E-state index contributed by atoms with van der Waals surface area (Å²) in [6.07, 6.45) is 0.768. The Balaban J connectivity index is 1.82. The van der Waals surface area contributed by atoms with Crippen molar-refractivity contribution in [3.05, 3.63) is 61.7 Å². The number of aromatic amines is 1. The van der Waals surface area contributed by atoms with E-state index < -0.39 is 0 Å². The van der Waals surface area contributed by atoms with Gasteiger partial charge in [0.1, 0.15) is 5.82 Å². The van der Waals surface area contributed by atoms with E-state index in [0.29, 0.717) is 0 Å². The van der Waals surface area contributed by atoms with E-state index in [2.05, 4.69) is 49.0 Å². The van der Waals surface area contributed by atoms with Gasteiger partial charge in [0, 0.05) is 35.6 Å². The molecule has 0 bridgehead atoms. The zero-order valence-corrected chi connectivity index (χ0v) is 14.5. The number of aromatic nitrogens is 2. The van der Waals surface area contributed by atoms with Crippen LogP contribution in [-0.2, 0) is 19.5 Å². The molecule has 22 heavy (non-hydrogen) atoms. The molecule has 1 N–H and O–H groups in total. The Labute approximate surface area is 138 Å². The van der Waals surface area contributed by atoms with Gasteiger partial charge < -0.3 is 4.98 Å². The third kappa shape index (κ3) is 3.31. The van der Waals surface area contributed by atoms with Crippen LogP contribution in [0, 0.1) is 0 Å². The molecule has 1 aliphatic heterocycles. The lowest BCUT2D eigenvalue weighted by molar-refractivity contribution is 0.240. The molecule has 116 valence electrons. The van der Waals surface area contributed by atoms with Gasteiger partial charge in [-0.3, -0.25) is 9.69 Å². The Hall–Kier alpha value is -1.46. The molecule has 2 heterocycles. The Bertz CT molecular complexity index is 739. The van der Waals surface area contributed by atoms with Crippen LogP contribution >= 0.6 is 15.9 Å². The van der Waals surface area contributed by atoms with Crippen LogP contribution in [0.4, 0.5) is 0 Å². The molecule has 0 saturated heterocycles. The molecular formula is C17H20BrN3O. The van der Waals surface area contributed by atoms with E-state index in [9.17, 15) is 4.79 Å². The van der Waals surface area contributed by atoms with Crippen molar-refractivity contribution in [3.8, 4) is 0 Å². The second-order valence-electron chi connectivity index (χ2n) is 6.12. The highest BCUT2D eigenvalue weighted by Gasteiger charge is 2.21. The van der Waals surface area contributed by atoms with Crippen LogP contribution in [0.3, 0.4) is 0 Å². The van der Waals surface area contributed by atoms with E-state index in [1.165, 1.54) is 5.56 Å². The molecule has 1 aliphatic rings. The van der Waals surface area contributed by atoms with Crippen LogP contribution in [0.5, 0.6) is 0 Å². The number of halogens is 1. The van der Waals surface area contributed by atoms with Gasteiger partial charge in [-0.25, -0.2) is 4.98 Å². The molecule has 0 saturated carbocycles.